The van der Waals surface area contributed by atoms with Gasteiger partial charge < -0.3 is 16.4 Å². The molecule has 3 atom stereocenters. The molecule has 0 amide bonds. The van der Waals surface area contributed by atoms with E-state index in [1.807, 2.05) is 6.20 Å². The number of aromatic amines is 1. The maximum atomic E-state index is 5.90. The van der Waals surface area contributed by atoms with Crippen LogP contribution in [0.1, 0.15) is 36.1 Å². The summed E-state index contributed by atoms with van der Waals surface area (Å²) < 4.78 is 1.16. The molecule has 2 aliphatic rings. The summed E-state index contributed by atoms with van der Waals surface area (Å²) in [5, 5.41) is 16.8. The molecule has 1 fully saturated rings. The molecule has 2 aromatic carbocycles. The Kier molecular flexibility index (Phi) is 3.24. The van der Waals surface area contributed by atoms with E-state index in [0.717, 1.165) is 22.3 Å². The summed E-state index contributed by atoms with van der Waals surface area (Å²) in [5.74, 6) is 0.495. The van der Waals surface area contributed by atoms with Crippen LogP contribution in [-0.2, 0) is 0 Å². The monoisotopic (exact) mass is 376 g/mol. The summed E-state index contributed by atoms with van der Waals surface area (Å²) in [4.78, 5) is 4.40. The van der Waals surface area contributed by atoms with Gasteiger partial charge in [0.25, 0.3) is 0 Å². The Bertz CT molecular complexity index is 1160. The molecule has 6 rings (SSSR count). The molecule has 5 N–H and O–H groups in total. The summed E-state index contributed by atoms with van der Waals surface area (Å²) in [6.45, 7) is 1.06. The minimum absolute atomic E-state index is 0.271. The van der Waals surface area contributed by atoms with Crippen LogP contribution in [-0.4, -0.2) is 21.7 Å². The minimum Gasteiger partial charge on any atom is -0.378 e. The van der Waals surface area contributed by atoms with E-state index in [4.69, 9.17) is 5.73 Å². The number of piperidine rings is 1. The lowest BCUT2D eigenvalue weighted by molar-refractivity contribution is 0.247. The number of hydrogen-bond acceptors (Lipinski definition) is 6. The Labute approximate surface area is 160 Å². The standard InChI is InChI=1S/C20H20N6S/c21-20-25-14-4-3-10(8-16(14)27-20)18-11-2-1-7-22-19(11)17-12-9-23-26-13(12)5-6-15(17)24-18/h3-6,8-9,11,18-19,22,24H,1-2,7H2,(H2,21,25)(H,23,26)/t11-,18-,19-/m0/s1. The van der Waals surface area contributed by atoms with E-state index in [2.05, 4.69) is 56.1 Å². The Hall–Kier alpha value is -2.64. The van der Waals surface area contributed by atoms with E-state index in [9.17, 15) is 0 Å². The number of fused-ring (bicyclic) bond motifs is 6. The van der Waals surface area contributed by atoms with Gasteiger partial charge >= 0.3 is 0 Å². The highest BCUT2D eigenvalue weighted by Gasteiger charge is 2.39. The topological polar surface area (TPSA) is 91.6 Å². The van der Waals surface area contributed by atoms with Gasteiger partial charge in [-0.2, -0.15) is 5.10 Å². The van der Waals surface area contributed by atoms with Gasteiger partial charge in [0.2, 0.25) is 0 Å². The van der Waals surface area contributed by atoms with Gasteiger partial charge in [-0.3, -0.25) is 5.10 Å². The largest absolute Gasteiger partial charge is 0.378 e. The number of H-pyrrole nitrogens is 1. The van der Waals surface area contributed by atoms with Crippen LogP contribution < -0.4 is 16.4 Å². The normalized spacial score (nSPS) is 24.5. The van der Waals surface area contributed by atoms with E-state index in [1.165, 1.54) is 35.0 Å². The van der Waals surface area contributed by atoms with Gasteiger partial charge in [-0.15, -0.1) is 0 Å². The second kappa shape index (κ2) is 5.68. The number of nitrogens with two attached hydrogens (primary N) is 1. The van der Waals surface area contributed by atoms with Crippen molar-refractivity contribution in [3.8, 4) is 0 Å². The Morgan fingerprint density at radius 1 is 1.15 bits per heavy atom. The summed E-state index contributed by atoms with van der Waals surface area (Å²) in [7, 11) is 0. The van der Waals surface area contributed by atoms with Crippen LogP contribution in [0.3, 0.4) is 0 Å². The highest BCUT2D eigenvalue weighted by molar-refractivity contribution is 7.22. The minimum atomic E-state index is 0.271. The molecule has 0 unspecified atom stereocenters. The Balaban J connectivity index is 1.51. The van der Waals surface area contributed by atoms with Crippen molar-refractivity contribution in [2.45, 2.75) is 24.9 Å². The first-order valence-corrected chi connectivity index (χ1v) is 10.2. The second-order valence-corrected chi connectivity index (χ2v) is 8.56. The van der Waals surface area contributed by atoms with Gasteiger partial charge in [-0.05, 0) is 49.2 Å². The van der Waals surface area contributed by atoms with E-state index >= 15 is 0 Å². The molecule has 0 aliphatic carbocycles. The van der Waals surface area contributed by atoms with Crippen molar-refractivity contribution in [2.75, 3.05) is 17.6 Å². The predicted octanol–water partition coefficient (Wildman–Crippen LogP) is 3.96. The molecule has 0 saturated carbocycles. The van der Waals surface area contributed by atoms with E-state index in [-0.39, 0.29) is 6.04 Å². The molecule has 1 saturated heterocycles. The summed E-state index contributed by atoms with van der Waals surface area (Å²) >= 11 is 1.56. The SMILES string of the molecule is Nc1nc2ccc([C@@H]3Nc4ccc5[nH]ncc5c4[C@H]4NCCC[C@H]43)cc2s1. The van der Waals surface area contributed by atoms with Gasteiger partial charge in [-0.25, -0.2) is 4.98 Å². The number of nitrogens with one attached hydrogen (secondary N) is 3. The molecule has 6 nitrogen and oxygen atoms in total. The number of hydrogen-bond donors (Lipinski definition) is 4. The molecule has 4 heterocycles. The van der Waals surface area contributed by atoms with Crippen molar-refractivity contribution < 1.29 is 0 Å². The average molecular weight is 376 g/mol. The van der Waals surface area contributed by atoms with Crippen molar-refractivity contribution in [2.24, 2.45) is 5.92 Å². The first-order chi connectivity index (χ1) is 13.3. The van der Waals surface area contributed by atoms with Gasteiger partial charge in [-0.1, -0.05) is 17.4 Å². The van der Waals surface area contributed by atoms with Crippen LogP contribution in [0.15, 0.2) is 36.5 Å². The van der Waals surface area contributed by atoms with E-state index in [1.54, 1.807) is 11.3 Å². The lowest BCUT2D eigenvalue weighted by Crippen LogP contribution is -2.42. The first-order valence-electron chi connectivity index (χ1n) is 9.40. The van der Waals surface area contributed by atoms with Gasteiger partial charge in [0.15, 0.2) is 5.13 Å². The molecular formula is C20H20N6S. The van der Waals surface area contributed by atoms with Gasteiger partial charge in [0.1, 0.15) is 0 Å². The maximum absolute atomic E-state index is 5.90. The molecule has 0 radical (unpaired) electrons. The fourth-order valence-electron chi connectivity index (χ4n) is 4.85. The van der Waals surface area contributed by atoms with Crippen LogP contribution in [0.4, 0.5) is 10.8 Å². The van der Waals surface area contributed by atoms with E-state index in [0.29, 0.717) is 17.1 Å². The van der Waals surface area contributed by atoms with Gasteiger partial charge in [0, 0.05) is 28.6 Å². The number of rotatable bonds is 1. The molecule has 0 bridgehead atoms. The van der Waals surface area contributed by atoms with Crippen molar-refractivity contribution in [3.63, 3.8) is 0 Å². The van der Waals surface area contributed by atoms with Gasteiger partial charge in [0.05, 0.1) is 28.0 Å². The summed E-state index contributed by atoms with van der Waals surface area (Å²) in [6.07, 6.45) is 4.35. The third-order valence-electron chi connectivity index (χ3n) is 6.01. The van der Waals surface area contributed by atoms with Crippen molar-refractivity contribution in [1.29, 1.82) is 0 Å². The third-order valence-corrected chi connectivity index (χ3v) is 6.86. The number of aromatic nitrogens is 3. The van der Waals surface area contributed by atoms with E-state index < -0.39 is 0 Å². The van der Waals surface area contributed by atoms with Crippen LogP contribution in [0.2, 0.25) is 0 Å². The molecule has 2 aromatic heterocycles. The highest BCUT2D eigenvalue weighted by Crippen LogP contribution is 2.49. The maximum Gasteiger partial charge on any atom is 0.181 e. The molecular weight excluding hydrogens is 356 g/mol. The molecule has 136 valence electrons. The van der Waals surface area contributed by atoms with Crippen LogP contribution in [0, 0.1) is 5.92 Å². The van der Waals surface area contributed by atoms with Crippen LogP contribution in [0.25, 0.3) is 21.1 Å². The zero-order valence-electron chi connectivity index (χ0n) is 14.7. The fourth-order valence-corrected chi connectivity index (χ4v) is 5.63. The average Bonchev–Trinajstić information content (AvgIpc) is 3.31. The number of thiazole rings is 1. The zero-order chi connectivity index (χ0) is 18.0. The molecule has 2 aliphatic heterocycles. The van der Waals surface area contributed by atoms with Crippen LogP contribution >= 0.6 is 11.3 Å². The number of benzene rings is 2. The Morgan fingerprint density at radius 2 is 2.11 bits per heavy atom. The Morgan fingerprint density at radius 3 is 3.07 bits per heavy atom. The predicted molar refractivity (Wildman–Crippen MR) is 110 cm³/mol. The third kappa shape index (κ3) is 2.28. The summed E-state index contributed by atoms with van der Waals surface area (Å²) in [5.41, 5.74) is 11.8. The number of nitrogen functional groups attached to an aromatic ring is 1. The molecule has 0 spiro atoms. The molecule has 27 heavy (non-hydrogen) atoms. The quantitative estimate of drug-likeness (QED) is 0.404. The lowest BCUT2D eigenvalue weighted by atomic mass is 9.74. The first kappa shape index (κ1) is 15.4. The zero-order valence-corrected chi connectivity index (χ0v) is 15.5. The lowest BCUT2D eigenvalue weighted by Gasteiger charge is -2.44. The molecule has 7 heteroatoms. The van der Waals surface area contributed by atoms with Crippen molar-refractivity contribution >= 4 is 43.3 Å². The second-order valence-electron chi connectivity index (χ2n) is 7.50. The fraction of sp³-hybridized carbons (Fsp3) is 0.300. The number of nitrogens with zero attached hydrogens (tertiary/aromatic N) is 2. The van der Waals surface area contributed by atoms with Crippen LogP contribution in [0.5, 0.6) is 0 Å². The van der Waals surface area contributed by atoms with Crippen molar-refractivity contribution in [3.05, 3.63) is 47.7 Å². The van der Waals surface area contributed by atoms with Crippen molar-refractivity contribution in [1.82, 2.24) is 20.5 Å². The summed E-state index contributed by atoms with van der Waals surface area (Å²) in [6, 6.07) is 11.5. The smallest absolute Gasteiger partial charge is 0.181 e. The number of anilines is 2. The highest BCUT2D eigenvalue weighted by atomic mass is 32.1. The molecule has 4 aromatic rings.